The zero-order valence-corrected chi connectivity index (χ0v) is 13.4. The number of carbonyl (C=O) groups excluding carboxylic acids is 1. The van der Waals surface area contributed by atoms with Crippen LogP contribution in [0.4, 0.5) is 11.5 Å². The Bertz CT molecular complexity index is 779. The van der Waals surface area contributed by atoms with Crippen molar-refractivity contribution in [2.45, 2.75) is 6.42 Å². The molecule has 0 unspecified atom stereocenters. The molecule has 1 N–H and O–H groups in total. The Labute approximate surface area is 139 Å². The Balaban J connectivity index is 1.68. The fourth-order valence-corrected chi connectivity index (χ4v) is 3.04. The van der Waals surface area contributed by atoms with Crippen LogP contribution in [0.25, 0.3) is 0 Å². The number of amides is 1. The number of hydrogen-bond donors (Lipinski definition) is 1. The highest BCUT2D eigenvalue weighted by Gasteiger charge is 2.30. The first kappa shape index (κ1) is 15.4. The van der Waals surface area contributed by atoms with Crippen molar-refractivity contribution in [3.63, 3.8) is 0 Å². The fraction of sp³-hybridized carbons (Fsp3) is 0.312. The normalized spacial score (nSPS) is 17.1. The van der Waals surface area contributed by atoms with Crippen molar-refractivity contribution in [1.29, 1.82) is 5.26 Å². The smallest absolute Gasteiger partial charge is 0.230 e. The predicted molar refractivity (Wildman–Crippen MR) is 88.3 cm³/mol. The lowest BCUT2D eigenvalue weighted by Gasteiger charge is -2.19. The maximum absolute atomic E-state index is 12.4. The molecule has 7 heteroatoms. The Hall–Kier alpha value is -2.52. The number of halogens is 1. The molecule has 1 aromatic carbocycles. The highest BCUT2D eigenvalue weighted by molar-refractivity contribution is 6.33. The third kappa shape index (κ3) is 3.15. The number of benzene rings is 1. The molecule has 3 rings (SSSR count). The molecule has 0 bridgehead atoms. The molecule has 1 aromatic heterocycles. The van der Waals surface area contributed by atoms with Crippen LogP contribution in [0.1, 0.15) is 12.0 Å². The summed E-state index contributed by atoms with van der Waals surface area (Å²) in [7, 11) is 1.71. The Morgan fingerprint density at radius 2 is 2.26 bits per heavy atom. The van der Waals surface area contributed by atoms with Crippen LogP contribution in [0.15, 0.2) is 30.5 Å². The van der Waals surface area contributed by atoms with Crippen LogP contribution in [-0.4, -0.2) is 28.8 Å². The van der Waals surface area contributed by atoms with Gasteiger partial charge < -0.3 is 10.2 Å². The molecule has 0 spiro atoms. The van der Waals surface area contributed by atoms with E-state index in [1.165, 1.54) is 4.68 Å². The Morgan fingerprint density at radius 1 is 1.48 bits per heavy atom. The third-order valence-electron chi connectivity index (χ3n) is 3.94. The monoisotopic (exact) mass is 329 g/mol. The molecule has 2 heterocycles. The topological polar surface area (TPSA) is 74.0 Å². The minimum atomic E-state index is -0.153. The molecule has 1 fully saturated rings. The molecule has 0 radical (unpaired) electrons. The van der Waals surface area contributed by atoms with Crippen LogP contribution in [0, 0.1) is 17.2 Å². The van der Waals surface area contributed by atoms with Gasteiger partial charge in [0.05, 0.1) is 16.6 Å². The number of aromatic nitrogens is 2. The SMILES string of the molecule is Cn1cc(C#N)c(NC(=O)[C@H]2CCN(c3ccccc3Cl)C2)n1. The summed E-state index contributed by atoms with van der Waals surface area (Å²) in [5, 5.41) is 16.6. The predicted octanol–water partition coefficient (Wildman–Crippen LogP) is 2.41. The molecule has 6 nitrogen and oxygen atoms in total. The van der Waals surface area contributed by atoms with Gasteiger partial charge in [0.25, 0.3) is 0 Å². The second-order valence-corrected chi connectivity index (χ2v) is 5.96. The largest absolute Gasteiger partial charge is 0.370 e. The quantitative estimate of drug-likeness (QED) is 0.938. The third-order valence-corrected chi connectivity index (χ3v) is 4.26. The van der Waals surface area contributed by atoms with E-state index in [1.807, 2.05) is 30.3 Å². The van der Waals surface area contributed by atoms with Gasteiger partial charge in [-0.05, 0) is 18.6 Å². The summed E-state index contributed by atoms with van der Waals surface area (Å²) in [6.45, 7) is 1.37. The van der Waals surface area contributed by atoms with E-state index in [0.717, 1.165) is 18.7 Å². The Kier molecular flexibility index (Phi) is 4.22. The molecule has 118 valence electrons. The summed E-state index contributed by atoms with van der Waals surface area (Å²) < 4.78 is 1.51. The fourth-order valence-electron chi connectivity index (χ4n) is 2.78. The van der Waals surface area contributed by atoms with E-state index in [0.29, 0.717) is 22.9 Å². The average molecular weight is 330 g/mol. The minimum Gasteiger partial charge on any atom is -0.370 e. The highest BCUT2D eigenvalue weighted by Crippen LogP contribution is 2.30. The van der Waals surface area contributed by atoms with Crippen LogP contribution in [0.2, 0.25) is 5.02 Å². The van der Waals surface area contributed by atoms with Gasteiger partial charge in [0, 0.05) is 26.3 Å². The van der Waals surface area contributed by atoms with Crippen molar-refractivity contribution in [3.05, 3.63) is 41.0 Å². The van der Waals surface area contributed by atoms with Crippen LogP contribution in [0.5, 0.6) is 0 Å². The van der Waals surface area contributed by atoms with Gasteiger partial charge in [-0.15, -0.1) is 0 Å². The molecule has 2 aromatic rings. The molecule has 23 heavy (non-hydrogen) atoms. The van der Waals surface area contributed by atoms with E-state index in [9.17, 15) is 4.79 Å². The first-order chi connectivity index (χ1) is 11.1. The second-order valence-electron chi connectivity index (χ2n) is 5.55. The van der Waals surface area contributed by atoms with E-state index in [4.69, 9.17) is 16.9 Å². The van der Waals surface area contributed by atoms with Gasteiger partial charge in [-0.25, -0.2) is 0 Å². The number of nitriles is 1. The van der Waals surface area contributed by atoms with E-state index < -0.39 is 0 Å². The summed E-state index contributed by atoms with van der Waals surface area (Å²) in [6, 6.07) is 9.64. The summed E-state index contributed by atoms with van der Waals surface area (Å²) in [4.78, 5) is 14.5. The molecular weight excluding hydrogens is 314 g/mol. The summed E-state index contributed by atoms with van der Waals surface area (Å²) in [5.74, 6) is 0.0470. The number of anilines is 2. The van der Waals surface area contributed by atoms with E-state index >= 15 is 0 Å². The first-order valence-corrected chi connectivity index (χ1v) is 7.70. The van der Waals surface area contributed by atoms with Crippen LogP contribution < -0.4 is 10.2 Å². The lowest BCUT2D eigenvalue weighted by atomic mass is 10.1. The van der Waals surface area contributed by atoms with Gasteiger partial charge in [-0.3, -0.25) is 9.48 Å². The standard InChI is InChI=1S/C16H16ClN5O/c1-21-9-12(8-18)15(20-21)19-16(23)11-6-7-22(10-11)14-5-3-2-4-13(14)17/h2-5,9,11H,6-7,10H2,1H3,(H,19,20,23)/t11-/m0/s1. The van der Waals surface area contributed by atoms with Crippen molar-refractivity contribution >= 4 is 29.0 Å². The number of hydrogen-bond acceptors (Lipinski definition) is 4. The molecule has 0 aliphatic carbocycles. The second kappa shape index (κ2) is 6.31. The van der Waals surface area contributed by atoms with Crippen molar-refractivity contribution in [2.24, 2.45) is 13.0 Å². The molecular formula is C16H16ClN5O. The summed E-state index contributed by atoms with van der Waals surface area (Å²) >= 11 is 6.21. The van der Waals surface area contributed by atoms with Gasteiger partial charge >= 0.3 is 0 Å². The molecule has 1 saturated heterocycles. The van der Waals surface area contributed by atoms with Crippen LogP contribution >= 0.6 is 11.6 Å². The first-order valence-electron chi connectivity index (χ1n) is 7.32. The van der Waals surface area contributed by atoms with Crippen LogP contribution in [-0.2, 0) is 11.8 Å². The van der Waals surface area contributed by atoms with Crippen molar-refractivity contribution < 1.29 is 4.79 Å². The summed E-state index contributed by atoms with van der Waals surface area (Å²) in [5.41, 5.74) is 1.31. The number of para-hydroxylation sites is 1. The zero-order valence-electron chi connectivity index (χ0n) is 12.7. The lowest BCUT2D eigenvalue weighted by Crippen LogP contribution is -2.27. The van der Waals surface area contributed by atoms with E-state index in [-0.39, 0.29) is 11.8 Å². The van der Waals surface area contributed by atoms with Crippen molar-refractivity contribution in [2.75, 3.05) is 23.3 Å². The number of aryl methyl sites for hydroxylation is 1. The number of nitrogens with zero attached hydrogens (tertiary/aromatic N) is 4. The van der Waals surface area contributed by atoms with Crippen molar-refractivity contribution in [3.8, 4) is 6.07 Å². The number of rotatable bonds is 3. The molecule has 1 aliphatic heterocycles. The van der Waals surface area contributed by atoms with Gasteiger partial charge in [-0.2, -0.15) is 10.4 Å². The number of carbonyl (C=O) groups is 1. The van der Waals surface area contributed by atoms with Crippen molar-refractivity contribution in [1.82, 2.24) is 9.78 Å². The lowest BCUT2D eigenvalue weighted by molar-refractivity contribution is -0.119. The van der Waals surface area contributed by atoms with Gasteiger partial charge in [-0.1, -0.05) is 23.7 Å². The van der Waals surface area contributed by atoms with Gasteiger partial charge in [0.15, 0.2) is 5.82 Å². The molecule has 1 amide bonds. The summed E-state index contributed by atoms with van der Waals surface area (Å²) in [6.07, 6.45) is 2.33. The Morgan fingerprint density at radius 3 is 3.00 bits per heavy atom. The molecule has 1 atom stereocenters. The highest BCUT2D eigenvalue weighted by atomic mass is 35.5. The van der Waals surface area contributed by atoms with Gasteiger partial charge in [0.1, 0.15) is 11.6 Å². The van der Waals surface area contributed by atoms with E-state index in [1.54, 1.807) is 13.2 Å². The zero-order chi connectivity index (χ0) is 16.4. The molecule has 1 aliphatic rings. The van der Waals surface area contributed by atoms with Crippen LogP contribution in [0.3, 0.4) is 0 Å². The maximum atomic E-state index is 12.4. The van der Waals surface area contributed by atoms with E-state index in [2.05, 4.69) is 15.3 Å². The molecule has 0 saturated carbocycles. The average Bonchev–Trinajstić information content (AvgIpc) is 3.14. The minimum absolute atomic E-state index is 0.116. The maximum Gasteiger partial charge on any atom is 0.230 e. The van der Waals surface area contributed by atoms with Gasteiger partial charge in [0.2, 0.25) is 5.91 Å². The number of nitrogens with one attached hydrogen (secondary N) is 1.